The van der Waals surface area contributed by atoms with Gasteiger partial charge in [-0.1, -0.05) is 24.3 Å². The van der Waals surface area contributed by atoms with Crippen molar-refractivity contribution in [1.29, 1.82) is 0 Å². The van der Waals surface area contributed by atoms with Crippen LogP contribution in [0.5, 0.6) is 0 Å². The number of aliphatic hydroxyl groups is 2. The van der Waals surface area contributed by atoms with Crippen molar-refractivity contribution in [3.63, 3.8) is 0 Å². The summed E-state index contributed by atoms with van der Waals surface area (Å²) in [4.78, 5) is 60.4. The van der Waals surface area contributed by atoms with Gasteiger partial charge in [0.05, 0.1) is 25.1 Å². The minimum Gasteiger partial charge on any atom is -0.388 e. The van der Waals surface area contributed by atoms with E-state index in [2.05, 4.69) is 27.7 Å². The molecule has 1 aliphatic carbocycles. The summed E-state index contributed by atoms with van der Waals surface area (Å²) in [7, 11) is 0. The number of nitrogens with one attached hydrogen (secondary N) is 2. The molecule has 1 aromatic carbocycles. The first-order valence-electron chi connectivity index (χ1n) is 16.3. The van der Waals surface area contributed by atoms with Gasteiger partial charge in [-0.15, -0.1) is 0 Å². The van der Waals surface area contributed by atoms with Gasteiger partial charge in [-0.3, -0.25) is 24.1 Å². The summed E-state index contributed by atoms with van der Waals surface area (Å²) in [6, 6.07) is 6.68. The number of piperazine rings is 1. The van der Waals surface area contributed by atoms with Crippen LogP contribution >= 0.6 is 0 Å². The Labute approximate surface area is 262 Å². The van der Waals surface area contributed by atoms with Crippen molar-refractivity contribution < 1.29 is 38.9 Å². The summed E-state index contributed by atoms with van der Waals surface area (Å²) in [6.07, 6.45) is -1.42. The predicted molar refractivity (Wildman–Crippen MR) is 159 cm³/mol. The lowest BCUT2D eigenvalue weighted by atomic mass is 9.96. The minimum atomic E-state index is -1.29. The number of nitrogens with zero attached hydrogens (tertiary/aromatic N) is 3. The third kappa shape index (κ3) is 5.96. The van der Waals surface area contributed by atoms with Crippen molar-refractivity contribution in [2.24, 2.45) is 5.92 Å². The molecule has 0 saturated carbocycles. The van der Waals surface area contributed by atoms with Crippen molar-refractivity contribution in [2.75, 3.05) is 45.9 Å². The number of amides is 4. The maximum Gasteiger partial charge on any atom is 0.244 e. The molecule has 45 heavy (non-hydrogen) atoms. The molecule has 4 N–H and O–H groups in total. The van der Waals surface area contributed by atoms with Gasteiger partial charge < -0.3 is 40.1 Å². The van der Waals surface area contributed by atoms with Crippen LogP contribution in [0.2, 0.25) is 0 Å². The molecule has 5 saturated heterocycles. The van der Waals surface area contributed by atoms with Crippen LogP contribution in [0.1, 0.15) is 36.8 Å². The lowest BCUT2D eigenvalue weighted by Crippen LogP contribution is -2.64. The maximum atomic E-state index is 14.3. The molecule has 13 heteroatoms. The number of hydrogen-bond donors (Lipinski definition) is 4. The van der Waals surface area contributed by atoms with Crippen LogP contribution in [-0.4, -0.2) is 143 Å². The average molecular weight is 626 g/mol. The maximum absolute atomic E-state index is 14.3. The van der Waals surface area contributed by atoms with Gasteiger partial charge in [0.2, 0.25) is 23.6 Å². The molecule has 5 heterocycles. The van der Waals surface area contributed by atoms with Crippen LogP contribution in [0.4, 0.5) is 0 Å². The van der Waals surface area contributed by atoms with Gasteiger partial charge in [-0.05, 0) is 43.2 Å². The SMILES string of the molecule is O=C1C[C@@H]2O[C@H](CNC(=O)[C@@H]3CN(CCN3C(=O)C3CCOCC3)C(=O)[C@@H]3C[C@@H](CN3C3Cc4ccccc4C3)N1)[C@@H](O)[C@H]2O. The smallest absolute Gasteiger partial charge is 0.244 e. The Balaban J connectivity index is 1.17. The molecule has 5 aliphatic heterocycles. The van der Waals surface area contributed by atoms with Crippen LogP contribution in [0, 0.1) is 5.92 Å². The largest absolute Gasteiger partial charge is 0.388 e. The number of benzene rings is 1. The molecular weight excluding hydrogens is 582 g/mol. The van der Waals surface area contributed by atoms with E-state index in [1.54, 1.807) is 9.80 Å². The fourth-order valence-electron chi connectivity index (χ4n) is 8.19. The van der Waals surface area contributed by atoms with Crippen LogP contribution in [0.3, 0.4) is 0 Å². The lowest BCUT2D eigenvalue weighted by Gasteiger charge is -2.43. The van der Waals surface area contributed by atoms with E-state index in [1.807, 2.05) is 12.1 Å². The highest BCUT2D eigenvalue weighted by molar-refractivity contribution is 5.91. The first kappa shape index (κ1) is 30.5. The van der Waals surface area contributed by atoms with E-state index in [1.165, 1.54) is 11.1 Å². The quantitative estimate of drug-likeness (QED) is 0.297. The van der Waals surface area contributed by atoms with E-state index in [-0.39, 0.29) is 61.8 Å². The van der Waals surface area contributed by atoms with E-state index in [9.17, 15) is 29.4 Å². The van der Waals surface area contributed by atoms with Crippen molar-refractivity contribution in [2.45, 2.75) is 87.1 Å². The average Bonchev–Trinajstić information content (AvgIpc) is 3.75. The van der Waals surface area contributed by atoms with E-state index in [4.69, 9.17) is 9.47 Å². The summed E-state index contributed by atoms with van der Waals surface area (Å²) < 4.78 is 11.3. The van der Waals surface area contributed by atoms with Crippen molar-refractivity contribution >= 4 is 23.6 Å². The number of likely N-dealkylation sites (tertiary alicyclic amines) is 1. The van der Waals surface area contributed by atoms with Crippen LogP contribution in [-0.2, 0) is 41.5 Å². The van der Waals surface area contributed by atoms with Crippen LogP contribution in [0.25, 0.3) is 0 Å². The fourth-order valence-corrected chi connectivity index (χ4v) is 8.19. The molecule has 0 spiro atoms. The Hall–Kier alpha value is -3.10. The molecule has 0 aromatic heterocycles. The standard InChI is InChI=1S/C32H43N5O8/c38-27-14-25-28(39)29(40)26(45-25)15-33-30(41)24-17-35(7-8-36(24)31(42)18-5-9-44-10-6-18)32(43)23-13-21(34-27)16-37(23)22-11-19-3-1-2-4-20(19)12-22/h1-4,18,21-26,28-29,39-40H,5-17H2,(H,33,41)(H,34,38)/t21-,23-,24-,25-,26+,28-,29+/m0/s1. The molecule has 13 nitrogen and oxygen atoms in total. The molecule has 7 atom stereocenters. The monoisotopic (exact) mass is 625 g/mol. The number of carbonyl (C=O) groups excluding carboxylic acids is 4. The number of fused-ring (bicyclic) bond motifs is 7. The number of carbonyl (C=O) groups is 4. The fraction of sp³-hybridized carbons (Fsp3) is 0.688. The molecule has 0 unspecified atom stereocenters. The van der Waals surface area contributed by atoms with E-state index >= 15 is 0 Å². The third-order valence-corrected chi connectivity index (χ3v) is 10.7. The topological polar surface area (TPSA) is 161 Å². The summed E-state index contributed by atoms with van der Waals surface area (Å²) in [5.74, 6) is -1.22. The summed E-state index contributed by atoms with van der Waals surface area (Å²) in [5.41, 5.74) is 2.52. The molecule has 5 fully saturated rings. The second-order valence-corrected chi connectivity index (χ2v) is 13.4. The predicted octanol–water partition coefficient (Wildman–Crippen LogP) is -1.81. The molecule has 1 aromatic rings. The first-order valence-corrected chi connectivity index (χ1v) is 16.3. The molecule has 244 valence electrons. The summed E-state index contributed by atoms with van der Waals surface area (Å²) >= 11 is 0. The Bertz CT molecular complexity index is 1300. The third-order valence-electron chi connectivity index (χ3n) is 10.7. The Morgan fingerprint density at radius 2 is 1.60 bits per heavy atom. The summed E-state index contributed by atoms with van der Waals surface area (Å²) in [6.45, 7) is 1.95. The number of hydrogen-bond acceptors (Lipinski definition) is 9. The van der Waals surface area contributed by atoms with Gasteiger partial charge in [0, 0.05) is 57.4 Å². The highest BCUT2D eigenvalue weighted by Gasteiger charge is 2.48. The molecule has 4 amide bonds. The molecule has 7 rings (SSSR count). The molecule has 6 bridgehead atoms. The zero-order chi connectivity index (χ0) is 31.2. The van der Waals surface area contributed by atoms with Gasteiger partial charge in [-0.25, -0.2) is 0 Å². The normalized spacial score (nSPS) is 35.3. The highest BCUT2D eigenvalue weighted by atomic mass is 16.5. The number of rotatable bonds is 2. The van der Waals surface area contributed by atoms with E-state index in [0.717, 1.165) is 12.8 Å². The Kier molecular flexibility index (Phi) is 8.55. The van der Waals surface area contributed by atoms with Crippen LogP contribution < -0.4 is 10.6 Å². The van der Waals surface area contributed by atoms with E-state index < -0.39 is 42.4 Å². The van der Waals surface area contributed by atoms with Crippen LogP contribution in [0.15, 0.2) is 24.3 Å². The van der Waals surface area contributed by atoms with Gasteiger partial charge in [0.1, 0.15) is 24.4 Å². The van der Waals surface area contributed by atoms with Gasteiger partial charge in [-0.2, -0.15) is 0 Å². The van der Waals surface area contributed by atoms with Gasteiger partial charge in [0.25, 0.3) is 0 Å². The molecule has 0 radical (unpaired) electrons. The number of ether oxygens (including phenoxy) is 2. The van der Waals surface area contributed by atoms with Crippen molar-refractivity contribution in [3.05, 3.63) is 35.4 Å². The highest BCUT2D eigenvalue weighted by Crippen LogP contribution is 2.33. The minimum absolute atomic E-state index is 0.0468. The number of aliphatic hydroxyl groups excluding tert-OH is 2. The van der Waals surface area contributed by atoms with E-state index in [0.29, 0.717) is 45.6 Å². The second-order valence-electron chi connectivity index (χ2n) is 13.4. The van der Waals surface area contributed by atoms with Crippen molar-refractivity contribution in [1.82, 2.24) is 25.3 Å². The lowest BCUT2D eigenvalue weighted by molar-refractivity contribution is -0.154. The Morgan fingerprint density at radius 3 is 2.33 bits per heavy atom. The summed E-state index contributed by atoms with van der Waals surface area (Å²) in [5, 5.41) is 27.2. The van der Waals surface area contributed by atoms with Gasteiger partial charge in [0.15, 0.2) is 0 Å². The molecular formula is C32H43N5O8. The van der Waals surface area contributed by atoms with Crippen molar-refractivity contribution in [3.8, 4) is 0 Å². The molecule has 6 aliphatic rings. The zero-order valence-electron chi connectivity index (χ0n) is 25.4. The second kappa shape index (κ2) is 12.6. The Morgan fingerprint density at radius 1 is 0.889 bits per heavy atom. The van der Waals surface area contributed by atoms with Gasteiger partial charge >= 0.3 is 0 Å². The first-order chi connectivity index (χ1) is 21.8. The zero-order valence-corrected chi connectivity index (χ0v) is 25.4.